The van der Waals surface area contributed by atoms with Crippen molar-refractivity contribution in [3.8, 4) is 11.5 Å². The Morgan fingerprint density at radius 3 is 2.59 bits per heavy atom. The van der Waals surface area contributed by atoms with E-state index >= 15 is 0 Å². The lowest BCUT2D eigenvalue weighted by Crippen LogP contribution is -2.48. The molecule has 2 rings (SSSR count). The van der Waals surface area contributed by atoms with Crippen molar-refractivity contribution in [1.29, 1.82) is 0 Å². The minimum absolute atomic E-state index is 0.310. The monoisotopic (exact) mass is 438 g/mol. The molecule has 6 nitrogen and oxygen atoms in total. The maximum absolute atomic E-state index is 13.0. The first-order chi connectivity index (χ1) is 12.8. The molecule has 144 valence electrons. The van der Waals surface area contributed by atoms with Crippen molar-refractivity contribution in [3.63, 3.8) is 0 Å². The molecule has 27 heavy (non-hydrogen) atoms. The van der Waals surface area contributed by atoms with Gasteiger partial charge in [0.1, 0.15) is 17.3 Å². The van der Waals surface area contributed by atoms with Crippen molar-refractivity contribution in [1.82, 2.24) is 10.9 Å². The maximum atomic E-state index is 13.0. The normalized spacial score (nSPS) is 11.4. The molecule has 0 aliphatic heterocycles. The van der Waals surface area contributed by atoms with Crippen LogP contribution >= 0.6 is 15.9 Å². The topological polar surface area (TPSA) is 76.7 Å². The van der Waals surface area contributed by atoms with Gasteiger partial charge < -0.3 is 9.47 Å². The van der Waals surface area contributed by atoms with Gasteiger partial charge in [-0.3, -0.25) is 20.4 Å². The van der Waals surface area contributed by atoms with Crippen molar-refractivity contribution < 1.29 is 23.5 Å². The number of amides is 2. The quantitative estimate of drug-likeness (QED) is 0.678. The molecule has 2 amide bonds. The fourth-order valence-corrected chi connectivity index (χ4v) is 2.57. The number of ether oxygens (including phenoxy) is 2. The average molecular weight is 439 g/mol. The van der Waals surface area contributed by atoms with Gasteiger partial charge in [0.15, 0.2) is 12.7 Å². The van der Waals surface area contributed by atoms with Crippen LogP contribution in [0.4, 0.5) is 4.39 Å². The first kappa shape index (κ1) is 20.7. The van der Waals surface area contributed by atoms with Crippen molar-refractivity contribution >= 4 is 27.7 Å². The molecular weight excluding hydrogens is 419 g/mol. The van der Waals surface area contributed by atoms with E-state index in [1.807, 2.05) is 26.0 Å². The van der Waals surface area contributed by atoms with Gasteiger partial charge in [0, 0.05) is 0 Å². The van der Waals surface area contributed by atoms with Gasteiger partial charge in [0.2, 0.25) is 0 Å². The number of carbonyl (C=O) groups excluding carboxylic acids is 2. The second-order valence-electron chi connectivity index (χ2n) is 5.86. The second-order valence-corrected chi connectivity index (χ2v) is 6.71. The lowest BCUT2D eigenvalue weighted by molar-refractivity contribution is -0.133. The van der Waals surface area contributed by atoms with Gasteiger partial charge >= 0.3 is 0 Å². The van der Waals surface area contributed by atoms with Gasteiger partial charge in [0.25, 0.3) is 11.8 Å². The van der Waals surface area contributed by atoms with E-state index < -0.39 is 23.7 Å². The zero-order chi connectivity index (χ0) is 20.0. The Morgan fingerprint density at radius 1 is 1.15 bits per heavy atom. The minimum Gasteiger partial charge on any atom is -0.483 e. The summed E-state index contributed by atoms with van der Waals surface area (Å²) in [6.45, 7) is 5.08. The molecule has 0 radical (unpaired) electrons. The zero-order valence-corrected chi connectivity index (χ0v) is 16.7. The molecule has 2 N–H and O–H groups in total. The van der Waals surface area contributed by atoms with Gasteiger partial charge in [-0.1, -0.05) is 12.1 Å². The second kappa shape index (κ2) is 9.36. The van der Waals surface area contributed by atoms with Gasteiger partial charge in [0.05, 0.1) is 4.47 Å². The number of aryl methyl sites for hydroxylation is 1. The van der Waals surface area contributed by atoms with E-state index in [0.717, 1.165) is 11.1 Å². The van der Waals surface area contributed by atoms with Gasteiger partial charge in [-0.2, -0.15) is 0 Å². The predicted octanol–water partition coefficient (Wildman–Crippen LogP) is 3.20. The largest absolute Gasteiger partial charge is 0.483 e. The summed E-state index contributed by atoms with van der Waals surface area (Å²) >= 11 is 3.14. The van der Waals surface area contributed by atoms with Crippen LogP contribution in [0.5, 0.6) is 11.5 Å². The summed E-state index contributed by atoms with van der Waals surface area (Å²) in [6.07, 6.45) is -0.807. The van der Waals surface area contributed by atoms with Crippen molar-refractivity contribution in [2.75, 3.05) is 6.61 Å². The molecule has 0 bridgehead atoms. The molecule has 0 unspecified atom stereocenters. The van der Waals surface area contributed by atoms with Crippen LogP contribution in [0.3, 0.4) is 0 Å². The Hall–Kier alpha value is -2.61. The van der Waals surface area contributed by atoms with Crippen LogP contribution in [0.1, 0.15) is 18.1 Å². The van der Waals surface area contributed by atoms with Crippen molar-refractivity contribution in [3.05, 3.63) is 57.8 Å². The molecule has 0 aliphatic rings. The van der Waals surface area contributed by atoms with E-state index in [-0.39, 0.29) is 6.61 Å². The Morgan fingerprint density at radius 2 is 1.89 bits per heavy atom. The molecule has 0 saturated carbocycles. The van der Waals surface area contributed by atoms with E-state index in [2.05, 4.69) is 26.8 Å². The summed E-state index contributed by atoms with van der Waals surface area (Å²) in [5, 5.41) is 0. The van der Waals surface area contributed by atoms with Crippen molar-refractivity contribution in [2.45, 2.75) is 26.9 Å². The van der Waals surface area contributed by atoms with Crippen LogP contribution in [0.15, 0.2) is 40.9 Å². The van der Waals surface area contributed by atoms with E-state index in [0.29, 0.717) is 16.0 Å². The fourth-order valence-electron chi connectivity index (χ4n) is 2.10. The molecule has 0 heterocycles. The molecule has 0 aliphatic carbocycles. The standard InChI is InChI=1S/C19H20BrFN2O4/c1-11-5-4-6-16(12(11)2)27-13(3)19(25)23-22-18(24)10-26-17-8-7-14(21)9-15(17)20/h4-9,13H,10H2,1-3H3,(H,22,24)(H,23,25)/t13-/m0/s1. The number of rotatable bonds is 6. The highest BCUT2D eigenvalue weighted by atomic mass is 79.9. The summed E-state index contributed by atoms with van der Waals surface area (Å²) < 4.78 is 24.3. The smallest absolute Gasteiger partial charge is 0.279 e. The minimum atomic E-state index is -0.807. The van der Waals surface area contributed by atoms with Crippen LogP contribution in [-0.2, 0) is 9.59 Å². The third-order valence-corrected chi connectivity index (χ3v) is 4.43. The molecule has 2 aromatic carbocycles. The highest BCUT2D eigenvalue weighted by Crippen LogP contribution is 2.25. The van der Waals surface area contributed by atoms with E-state index in [1.54, 1.807) is 13.0 Å². The number of hydrogen-bond donors (Lipinski definition) is 2. The first-order valence-corrected chi connectivity index (χ1v) is 8.96. The van der Waals surface area contributed by atoms with Crippen LogP contribution in [0, 0.1) is 19.7 Å². The predicted molar refractivity (Wildman–Crippen MR) is 102 cm³/mol. The number of halogens is 2. The van der Waals surface area contributed by atoms with Crippen LogP contribution in [0.25, 0.3) is 0 Å². The third-order valence-electron chi connectivity index (χ3n) is 3.81. The first-order valence-electron chi connectivity index (χ1n) is 8.17. The lowest BCUT2D eigenvalue weighted by atomic mass is 10.1. The van der Waals surface area contributed by atoms with Gasteiger partial charge in [-0.05, 0) is 72.1 Å². The summed E-state index contributed by atoms with van der Waals surface area (Å²) in [7, 11) is 0. The molecule has 0 fully saturated rings. The van der Waals surface area contributed by atoms with Gasteiger partial charge in [-0.15, -0.1) is 0 Å². The number of hydrazine groups is 1. The van der Waals surface area contributed by atoms with Crippen molar-refractivity contribution in [2.24, 2.45) is 0 Å². The average Bonchev–Trinajstić information content (AvgIpc) is 2.62. The Balaban J connectivity index is 1.80. The number of nitrogens with one attached hydrogen (secondary N) is 2. The summed E-state index contributed by atoms with van der Waals surface area (Å²) in [6, 6.07) is 9.40. The Kier molecular flexibility index (Phi) is 7.18. The van der Waals surface area contributed by atoms with Crippen LogP contribution in [-0.4, -0.2) is 24.5 Å². The molecule has 8 heteroatoms. The molecule has 0 saturated heterocycles. The summed E-state index contributed by atoms with van der Waals surface area (Å²) in [4.78, 5) is 23.9. The van der Waals surface area contributed by atoms with Gasteiger partial charge in [-0.25, -0.2) is 4.39 Å². The number of carbonyl (C=O) groups is 2. The molecular formula is C19H20BrFN2O4. The SMILES string of the molecule is Cc1cccc(O[C@@H](C)C(=O)NNC(=O)COc2ccc(F)cc2Br)c1C. The number of hydrogen-bond acceptors (Lipinski definition) is 4. The molecule has 0 spiro atoms. The molecule has 2 aromatic rings. The highest BCUT2D eigenvalue weighted by Gasteiger charge is 2.17. The van der Waals surface area contributed by atoms with Crippen LogP contribution < -0.4 is 20.3 Å². The van der Waals surface area contributed by atoms with E-state index in [9.17, 15) is 14.0 Å². The number of benzene rings is 2. The Bertz CT molecular complexity index is 844. The van der Waals surface area contributed by atoms with E-state index in [4.69, 9.17) is 9.47 Å². The van der Waals surface area contributed by atoms with E-state index in [1.165, 1.54) is 18.2 Å². The van der Waals surface area contributed by atoms with Crippen LogP contribution in [0.2, 0.25) is 0 Å². The fraction of sp³-hybridized carbons (Fsp3) is 0.263. The maximum Gasteiger partial charge on any atom is 0.279 e. The molecule has 0 aromatic heterocycles. The zero-order valence-electron chi connectivity index (χ0n) is 15.1. The Labute approximate surface area is 165 Å². The third kappa shape index (κ3) is 5.96. The lowest BCUT2D eigenvalue weighted by Gasteiger charge is -2.17. The summed E-state index contributed by atoms with van der Waals surface area (Å²) in [5.74, 6) is -0.590. The highest BCUT2D eigenvalue weighted by molar-refractivity contribution is 9.10. The molecule has 1 atom stereocenters. The summed E-state index contributed by atoms with van der Waals surface area (Å²) in [5.41, 5.74) is 6.52.